The van der Waals surface area contributed by atoms with Crippen LogP contribution in [0.15, 0.2) is 57.9 Å². The van der Waals surface area contributed by atoms with Crippen molar-refractivity contribution in [1.29, 1.82) is 0 Å². The summed E-state index contributed by atoms with van der Waals surface area (Å²) in [6.07, 6.45) is 2.42. The smallest absolute Gasteiger partial charge is 0.268 e. The average molecular weight is 496 g/mol. The van der Waals surface area contributed by atoms with Gasteiger partial charge in [-0.1, -0.05) is 13.8 Å². The molecular weight excluding hydrogens is 474 g/mol. The molecule has 0 atom stereocenters. The Morgan fingerprint density at radius 1 is 1.12 bits per heavy atom. The van der Waals surface area contributed by atoms with Gasteiger partial charge in [-0.05, 0) is 70.2 Å². The van der Waals surface area contributed by atoms with E-state index in [1.54, 1.807) is 49.7 Å². The number of hydrogen-bond acceptors (Lipinski definition) is 5. The molecule has 2 heterocycles. The van der Waals surface area contributed by atoms with Crippen molar-refractivity contribution < 1.29 is 14.3 Å². The zero-order chi connectivity index (χ0) is 23.0. The van der Waals surface area contributed by atoms with E-state index in [2.05, 4.69) is 26.2 Å². The normalized spacial score (nSPS) is 14.6. The molecule has 1 aromatic carbocycles. The monoisotopic (exact) mass is 495 g/mol. The Hall–Kier alpha value is -3.26. The van der Waals surface area contributed by atoms with E-state index in [1.807, 2.05) is 13.8 Å². The first kappa shape index (κ1) is 22.0. The summed E-state index contributed by atoms with van der Waals surface area (Å²) >= 11 is 3.30. The molecule has 7 nitrogen and oxygen atoms in total. The number of rotatable bonds is 4. The Morgan fingerprint density at radius 2 is 1.84 bits per heavy atom. The molecule has 0 bridgehead atoms. The van der Waals surface area contributed by atoms with Crippen LogP contribution in [-0.2, 0) is 6.42 Å². The third-order valence-electron chi connectivity index (χ3n) is 5.43. The highest BCUT2D eigenvalue weighted by Gasteiger charge is 2.35. The third kappa shape index (κ3) is 4.23. The van der Waals surface area contributed by atoms with Gasteiger partial charge in [-0.25, -0.2) is 4.98 Å². The minimum absolute atomic E-state index is 0.0886. The molecule has 164 valence electrons. The highest BCUT2D eigenvalue weighted by Crippen LogP contribution is 2.35. The molecule has 0 aliphatic heterocycles. The van der Waals surface area contributed by atoms with Gasteiger partial charge >= 0.3 is 0 Å². The molecule has 32 heavy (non-hydrogen) atoms. The topological polar surface area (TPSA) is 90.3 Å². The van der Waals surface area contributed by atoms with E-state index in [0.29, 0.717) is 41.4 Å². The maximum absolute atomic E-state index is 13.5. The lowest BCUT2D eigenvalue weighted by Gasteiger charge is -2.32. The predicted molar refractivity (Wildman–Crippen MR) is 125 cm³/mol. The molecule has 1 amide bonds. The van der Waals surface area contributed by atoms with Gasteiger partial charge in [0.15, 0.2) is 5.78 Å². The van der Waals surface area contributed by atoms with E-state index in [4.69, 9.17) is 4.74 Å². The molecule has 1 aliphatic carbocycles. The molecule has 2 aromatic heterocycles. The molecule has 3 aromatic rings. The molecule has 0 fully saturated rings. The number of anilines is 1. The van der Waals surface area contributed by atoms with Crippen LogP contribution in [0.4, 0.5) is 5.82 Å². The fraction of sp³-hybridized carbons (Fsp3) is 0.250. The number of carbonyl (C=O) groups is 2. The molecule has 0 spiro atoms. The summed E-state index contributed by atoms with van der Waals surface area (Å²) in [5.41, 5.74) is 0.671. The number of ether oxygens (including phenoxy) is 1. The van der Waals surface area contributed by atoms with E-state index >= 15 is 0 Å². The average Bonchev–Trinajstić information content (AvgIpc) is 2.74. The summed E-state index contributed by atoms with van der Waals surface area (Å²) in [4.78, 5) is 43.7. The van der Waals surface area contributed by atoms with Crippen LogP contribution in [0.3, 0.4) is 0 Å². The number of fused-ring (bicyclic) bond motifs is 1. The van der Waals surface area contributed by atoms with Crippen molar-refractivity contribution in [2.75, 3.05) is 12.4 Å². The highest BCUT2D eigenvalue weighted by molar-refractivity contribution is 9.10. The molecule has 8 heteroatoms. The zero-order valence-corrected chi connectivity index (χ0v) is 19.5. The Kier molecular flexibility index (Phi) is 5.73. The van der Waals surface area contributed by atoms with Gasteiger partial charge in [0.1, 0.15) is 17.1 Å². The fourth-order valence-electron chi connectivity index (χ4n) is 3.91. The quantitative estimate of drug-likeness (QED) is 0.578. The predicted octanol–water partition coefficient (Wildman–Crippen LogP) is 4.41. The van der Waals surface area contributed by atoms with Crippen molar-refractivity contribution in [3.63, 3.8) is 0 Å². The number of Topliss-reactive ketones (excluding diaryl/α,β-unsaturated/α-hetero) is 1. The van der Waals surface area contributed by atoms with Crippen molar-refractivity contribution in [1.82, 2.24) is 9.55 Å². The summed E-state index contributed by atoms with van der Waals surface area (Å²) < 4.78 is 7.45. The van der Waals surface area contributed by atoms with E-state index in [9.17, 15) is 14.4 Å². The van der Waals surface area contributed by atoms with Gasteiger partial charge in [-0.3, -0.25) is 19.0 Å². The van der Waals surface area contributed by atoms with Crippen LogP contribution in [0, 0.1) is 5.41 Å². The number of pyridine rings is 2. The second kappa shape index (κ2) is 8.35. The number of benzene rings is 1. The van der Waals surface area contributed by atoms with Crippen LogP contribution in [-0.4, -0.2) is 28.4 Å². The van der Waals surface area contributed by atoms with Gasteiger partial charge in [-0.2, -0.15) is 0 Å². The Morgan fingerprint density at radius 3 is 2.47 bits per heavy atom. The second-order valence-electron chi connectivity index (χ2n) is 8.51. The van der Waals surface area contributed by atoms with Crippen LogP contribution < -0.4 is 15.6 Å². The first-order valence-electron chi connectivity index (χ1n) is 10.1. The summed E-state index contributed by atoms with van der Waals surface area (Å²) in [5.74, 6) is 0.239. The molecule has 1 aliphatic rings. The highest BCUT2D eigenvalue weighted by atomic mass is 79.9. The first-order valence-corrected chi connectivity index (χ1v) is 10.9. The van der Waals surface area contributed by atoms with Crippen molar-refractivity contribution >= 4 is 33.4 Å². The van der Waals surface area contributed by atoms with Gasteiger partial charge in [0.05, 0.1) is 7.11 Å². The van der Waals surface area contributed by atoms with Crippen LogP contribution in [0.5, 0.6) is 5.75 Å². The number of aromatic nitrogens is 2. The number of ketones is 1. The Balaban J connectivity index is 1.87. The molecule has 0 radical (unpaired) electrons. The SMILES string of the molecule is COc1ccc(-n2c3c(cc(C(=O)Nc4ccc(Br)cn4)c2=O)C(=O)CC(C)(C)C3)cc1. The van der Waals surface area contributed by atoms with E-state index in [0.717, 1.165) is 4.47 Å². The lowest BCUT2D eigenvalue weighted by atomic mass is 9.75. The summed E-state index contributed by atoms with van der Waals surface area (Å²) in [6, 6.07) is 11.7. The van der Waals surface area contributed by atoms with Crippen molar-refractivity contribution in [2.45, 2.75) is 26.7 Å². The van der Waals surface area contributed by atoms with E-state index in [1.165, 1.54) is 10.6 Å². The van der Waals surface area contributed by atoms with Crippen molar-refractivity contribution in [3.05, 3.63) is 80.3 Å². The molecule has 0 saturated heterocycles. The fourth-order valence-corrected chi connectivity index (χ4v) is 4.15. The van der Waals surface area contributed by atoms with Gasteiger partial charge < -0.3 is 10.1 Å². The van der Waals surface area contributed by atoms with Crippen LogP contribution in [0.25, 0.3) is 5.69 Å². The zero-order valence-electron chi connectivity index (χ0n) is 17.9. The molecule has 0 unspecified atom stereocenters. The van der Waals surface area contributed by atoms with Crippen LogP contribution >= 0.6 is 15.9 Å². The third-order valence-corrected chi connectivity index (χ3v) is 5.90. The number of halogens is 1. The number of carbonyl (C=O) groups excluding carboxylic acids is 2. The number of nitrogens with zero attached hydrogens (tertiary/aromatic N) is 2. The number of amides is 1. The summed E-state index contributed by atoms with van der Waals surface area (Å²) in [5, 5.41) is 2.65. The number of hydrogen-bond donors (Lipinski definition) is 1. The van der Waals surface area contributed by atoms with Crippen LogP contribution in [0.1, 0.15) is 46.7 Å². The van der Waals surface area contributed by atoms with Crippen molar-refractivity contribution in [3.8, 4) is 11.4 Å². The Labute approximate surface area is 193 Å². The minimum Gasteiger partial charge on any atom is -0.497 e. The van der Waals surface area contributed by atoms with Gasteiger partial charge in [0.25, 0.3) is 11.5 Å². The standard InChI is InChI=1S/C24H22BrN3O4/c1-24(2)11-19-17(20(29)12-24)10-18(22(30)27-21-9-4-14(25)13-26-21)23(31)28(19)15-5-7-16(32-3)8-6-15/h4-10,13H,11-12H2,1-3H3,(H,26,27,30). The lowest BCUT2D eigenvalue weighted by molar-refractivity contribution is 0.0909. The molecular formula is C24H22BrN3O4. The van der Waals surface area contributed by atoms with E-state index in [-0.39, 0.29) is 16.8 Å². The van der Waals surface area contributed by atoms with Crippen LogP contribution in [0.2, 0.25) is 0 Å². The molecule has 1 N–H and O–H groups in total. The Bertz CT molecular complexity index is 1260. The molecule has 0 saturated carbocycles. The summed E-state index contributed by atoms with van der Waals surface area (Å²) in [7, 11) is 1.56. The second-order valence-corrected chi connectivity index (χ2v) is 9.43. The minimum atomic E-state index is -0.618. The summed E-state index contributed by atoms with van der Waals surface area (Å²) in [6.45, 7) is 3.99. The molecule has 4 rings (SSSR count). The van der Waals surface area contributed by atoms with Gasteiger partial charge in [0.2, 0.25) is 0 Å². The largest absolute Gasteiger partial charge is 0.497 e. The number of methoxy groups -OCH3 is 1. The van der Waals surface area contributed by atoms with Gasteiger partial charge in [0, 0.05) is 34.0 Å². The number of nitrogens with one attached hydrogen (secondary N) is 1. The lowest BCUT2D eigenvalue weighted by Crippen LogP contribution is -2.37. The van der Waals surface area contributed by atoms with Gasteiger partial charge in [-0.15, -0.1) is 0 Å². The maximum atomic E-state index is 13.5. The first-order chi connectivity index (χ1) is 15.2. The van der Waals surface area contributed by atoms with E-state index < -0.39 is 11.5 Å². The maximum Gasteiger partial charge on any atom is 0.268 e. The van der Waals surface area contributed by atoms with Crippen molar-refractivity contribution in [2.24, 2.45) is 5.41 Å².